The van der Waals surface area contributed by atoms with E-state index < -0.39 is 0 Å². The van der Waals surface area contributed by atoms with Crippen LogP contribution in [0.1, 0.15) is 24.6 Å². The molecule has 0 spiro atoms. The van der Waals surface area contributed by atoms with Crippen molar-refractivity contribution < 1.29 is 0 Å². The van der Waals surface area contributed by atoms with Gasteiger partial charge in [-0.15, -0.1) is 5.10 Å². The van der Waals surface area contributed by atoms with Gasteiger partial charge in [0.1, 0.15) is 16.6 Å². The summed E-state index contributed by atoms with van der Waals surface area (Å²) < 4.78 is 1.64. The van der Waals surface area contributed by atoms with Gasteiger partial charge >= 0.3 is 5.69 Å². The summed E-state index contributed by atoms with van der Waals surface area (Å²) in [6.45, 7) is 0. The van der Waals surface area contributed by atoms with E-state index >= 15 is 0 Å². The molecule has 1 fully saturated rings. The lowest BCUT2D eigenvalue weighted by atomic mass is 10.4. The third-order valence-electron chi connectivity index (χ3n) is 2.68. The first-order valence-corrected chi connectivity index (χ1v) is 6.48. The topological polar surface area (TPSA) is 126 Å². The van der Waals surface area contributed by atoms with Crippen molar-refractivity contribution in [1.82, 2.24) is 24.7 Å². The van der Waals surface area contributed by atoms with Crippen molar-refractivity contribution >= 4 is 17.6 Å². The second-order valence-electron chi connectivity index (χ2n) is 4.17. The Morgan fingerprint density at radius 1 is 1.47 bits per heavy atom. The molecule has 98 valence electrons. The van der Waals surface area contributed by atoms with Crippen molar-refractivity contribution in [2.75, 3.05) is 0 Å². The van der Waals surface area contributed by atoms with Crippen molar-refractivity contribution in [3.8, 4) is 0 Å². The van der Waals surface area contributed by atoms with Crippen LogP contribution in [0.3, 0.4) is 0 Å². The molecule has 8 nitrogen and oxygen atoms in total. The van der Waals surface area contributed by atoms with Crippen LogP contribution in [0.15, 0.2) is 27.4 Å². The van der Waals surface area contributed by atoms with E-state index in [4.69, 9.17) is 11.1 Å². The highest BCUT2D eigenvalue weighted by Crippen LogP contribution is 2.37. The zero-order valence-corrected chi connectivity index (χ0v) is 10.6. The molecule has 0 amide bonds. The Morgan fingerprint density at radius 2 is 2.26 bits per heavy atom. The molecule has 2 aromatic rings. The molecule has 0 saturated heterocycles. The lowest BCUT2D eigenvalue weighted by molar-refractivity contribution is 0.642. The number of nitrogen functional groups attached to an aromatic ring is 1. The van der Waals surface area contributed by atoms with E-state index in [9.17, 15) is 4.79 Å². The molecule has 0 aromatic carbocycles. The van der Waals surface area contributed by atoms with Gasteiger partial charge < -0.3 is 5.73 Å². The minimum Gasteiger partial charge on any atom is -0.382 e. The molecule has 1 aliphatic rings. The van der Waals surface area contributed by atoms with Crippen LogP contribution < -0.4 is 11.4 Å². The average molecular weight is 277 g/mol. The van der Waals surface area contributed by atoms with Gasteiger partial charge in [0.25, 0.3) is 0 Å². The van der Waals surface area contributed by atoms with E-state index in [0.29, 0.717) is 15.9 Å². The highest BCUT2D eigenvalue weighted by atomic mass is 32.2. The van der Waals surface area contributed by atoms with E-state index in [1.165, 1.54) is 24.2 Å². The number of hydrogen-bond donors (Lipinski definition) is 3. The number of aromatic amines is 1. The summed E-state index contributed by atoms with van der Waals surface area (Å²) in [6, 6.07) is 0.248. The Hall–Kier alpha value is -2.16. The lowest BCUT2D eigenvalue weighted by Gasteiger charge is -2.03. The summed E-state index contributed by atoms with van der Waals surface area (Å²) >= 11 is 1.26. The summed E-state index contributed by atoms with van der Waals surface area (Å²) in [6.07, 6.45) is 4.94. The molecule has 0 aliphatic heterocycles. The fourth-order valence-electron chi connectivity index (χ4n) is 1.62. The third-order valence-corrected chi connectivity index (χ3v) is 3.57. The van der Waals surface area contributed by atoms with Crippen molar-refractivity contribution in [2.45, 2.75) is 29.1 Å². The number of nitrogens with one attached hydrogen (secondary N) is 2. The van der Waals surface area contributed by atoms with Crippen LogP contribution in [0, 0.1) is 5.41 Å². The summed E-state index contributed by atoms with van der Waals surface area (Å²) in [5, 5.41) is 14.8. The Kier molecular flexibility index (Phi) is 2.82. The van der Waals surface area contributed by atoms with Crippen LogP contribution in [0.4, 0.5) is 0 Å². The largest absolute Gasteiger partial charge is 0.382 e. The first-order valence-electron chi connectivity index (χ1n) is 5.66. The molecular formula is C10H11N7OS. The molecule has 2 aromatic heterocycles. The molecule has 1 saturated carbocycles. The number of rotatable bonds is 4. The molecule has 0 radical (unpaired) electrons. The van der Waals surface area contributed by atoms with Crippen LogP contribution in [0.2, 0.25) is 0 Å². The Balaban J connectivity index is 1.85. The van der Waals surface area contributed by atoms with Gasteiger partial charge in [-0.3, -0.25) is 9.98 Å². The second-order valence-corrected chi connectivity index (χ2v) is 5.16. The number of H-pyrrole nitrogens is 1. The monoisotopic (exact) mass is 277 g/mol. The highest BCUT2D eigenvalue weighted by molar-refractivity contribution is 7.99. The summed E-state index contributed by atoms with van der Waals surface area (Å²) in [5.41, 5.74) is 5.43. The first kappa shape index (κ1) is 11.9. The quantitative estimate of drug-likeness (QED) is 0.538. The van der Waals surface area contributed by atoms with Crippen molar-refractivity contribution in [3.63, 3.8) is 0 Å². The number of nitrogens with zero attached hydrogens (tertiary/aromatic N) is 4. The van der Waals surface area contributed by atoms with E-state index in [1.54, 1.807) is 4.57 Å². The van der Waals surface area contributed by atoms with Gasteiger partial charge in [-0.2, -0.15) is 0 Å². The van der Waals surface area contributed by atoms with Crippen molar-refractivity contribution in [2.24, 2.45) is 5.73 Å². The average Bonchev–Trinajstić information content (AvgIpc) is 3.16. The maximum atomic E-state index is 11.6. The number of hydrogen-bond acceptors (Lipinski definition) is 6. The summed E-state index contributed by atoms with van der Waals surface area (Å²) in [7, 11) is 0. The minimum absolute atomic E-state index is 0.126. The van der Waals surface area contributed by atoms with Crippen LogP contribution in [0.5, 0.6) is 0 Å². The van der Waals surface area contributed by atoms with E-state index in [-0.39, 0.29) is 17.6 Å². The fourth-order valence-corrected chi connectivity index (χ4v) is 2.44. The summed E-state index contributed by atoms with van der Waals surface area (Å²) in [4.78, 5) is 19.8. The van der Waals surface area contributed by atoms with Crippen molar-refractivity contribution in [3.05, 3.63) is 28.6 Å². The molecule has 2 heterocycles. The molecule has 1 aliphatic carbocycles. The molecule has 3 rings (SSSR count). The first-order chi connectivity index (χ1) is 9.15. The Bertz CT molecular complexity index is 670. The molecule has 0 bridgehead atoms. The zero-order chi connectivity index (χ0) is 13.4. The van der Waals surface area contributed by atoms with Gasteiger partial charge in [0.05, 0.1) is 12.4 Å². The maximum absolute atomic E-state index is 11.6. The predicted octanol–water partition coefficient (Wildman–Crippen LogP) is 0.132. The van der Waals surface area contributed by atoms with Gasteiger partial charge in [-0.25, -0.2) is 19.9 Å². The zero-order valence-electron chi connectivity index (χ0n) is 9.83. The molecular weight excluding hydrogens is 266 g/mol. The lowest BCUT2D eigenvalue weighted by Crippen LogP contribution is -2.16. The van der Waals surface area contributed by atoms with Gasteiger partial charge in [0.2, 0.25) is 0 Å². The standard InChI is InChI=1S/C10H11N7OS/c11-8(12)6-3-14-7(4-13-6)19-10-16-15-9(18)17(10)5-1-2-5/h3-5H,1-2H2,(H3,11,12)(H,15,18). The minimum atomic E-state index is -0.196. The number of aromatic nitrogens is 5. The number of nitrogens with two attached hydrogens (primary N) is 1. The Morgan fingerprint density at radius 3 is 2.84 bits per heavy atom. The second kappa shape index (κ2) is 4.50. The number of amidine groups is 1. The Labute approximate surface area is 112 Å². The van der Waals surface area contributed by atoms with Gasteiger partial charge in [0.15, 0.2) is 5.16 Å². The van der Waals surface area contributed by atoms with E-state index in [0.717, 1.165) is 12.8 Å². The molecule has 9 heteroatoms. The van der Waals surface area contributed by atoms with E-state index in [1.807, 2.05) is 0 Å². The molecule has 19 heavy (non-hydrogen) atoms. The normalized spacial score (nSPS) is 14.5. The van der Waals surface area contributed by atoms with Gasteiger partial charge in [0, 0.05) is 6.04 Å². The maximum Gasteiger partial charge on any atom is 0.344 e. The summed E-state index contributed by atoms with van der Waals surface area (Å²) in [5.74, 6) is -0.126. The van der Waals surface area contributed by atoms with Crippen LogP contribution in [-0.2, 0) is 0 Å². The predicted molar refractivity (Wildman–Crippen MR) is 68.3 cm³/mol. The molecule has 0 atom stereocenters. The third kappa shape index (κ3) is 2.36. The van der Waals surface area contributed by atoms with Gasteiger partial charge in [-0.05, 0) is 24.6 Å². The van der Waals surface area contributed by atoms with Crippen LogP contribution in [0.25, 0.3) is 0 Å². The molecule has 0 unspecified atom stereocenters. The van der Waals surface area contributed by atoms with E-state index in [2.05, 4.69) is 20.2 Å². The smallest absolute Gasteiger partial charge is 0.344 e. The molecule has 4 N–H and O–H groups in total. The van der Waals surface area contributed by atoms with Crippen LogP contribution >= 0.6 is 11.8 Å². The van der Waals surface area contributed by atoms with Crippen molar-refractivity contribution in [1.29, 1.82) is 5.41 Å². The van der Waals surface area contributed by atoms with Gasteiger partial charge in [-0.1, -0.05) is 0 Å². The SMILES string of the molecule is N=C(N)c1cnc(Sc2n[nH]c(=O)n2C2CC2)cn1. The highest BCUT2D eigenvalue weighted by Gasteiger charge is 2.28. The van der Waals surface area contributed by atoms with Crippen LogP contribution in [-0.4, -0.2) is 30.6 Å². The fraction of sp³-hybridized carbons (Fsp3) is 0.300.